The highest BCUT2D eigenvalue weighted by Gasteiger charge is 2.36. The number of hydrogen-bond donors (Lipinski definition) is 1. The Morgan fingerprint density at radius 2 is 1.97 bits per heavy atom. The number of anilines is 2. The lowest BCUT2D eigenvalue weighted by molar-refractivity contribution is -0.126. The van der Waals surface area contributed by atoms with Crippen LogP contribution in [0.2, 0.25) is 0 Å². The van der Waals surface area contributed by atoms with E-state index in [1.807, 2.05) is 38.1 Å². The van der Waals surface area contributed by atoms with E-state index in [0.29, 0.717) is 17.9 Å². The maximum atomic E-state index is 13.4. The van der Waals surface area contributed by atoms with Gasteiger partial charge in [-0.15, -0.1) is 0 Å². The highest BCUT2D eigenvalue weighted by atomic mass is 19.3. The Bertz CT molecular complexity index is 968. The zero-order valence-corrected chi connectivity index (χ0v) is 17.9. The summed E-state index contributed by atoms with van der Waals surface area (Å²) >= 11 is 0. The van der Waals surface area contributed by atoms with Gasteiger partial charge in [0.15, 0.2) is 0 Å². The van der Waals surface area contributed by atoms with Gasteiger partial charge in [-0.3, -0.25) is 9.69 Å². The first kappa shape index (κ1) is 22.5. The predicted molar refractivity (Wildman–Crippen MR) is 114 cm³/mol. The fourth-order valence-corrected chi connectivity index (χ4v) is 3.66. The van der Waals surface area contributed by atoms with Crippen LogP contribution in [-0.2, 0) is 4.79 Å². The number of amides is 3. The molecule has 1 N–H and O–H groups in total. The summed E-state index contributed by atoms with van der Waals surface area (Å²) in [6.07, 6.45) is 0.170. The van der Waals surface area contributed by atoms with Gasteiger partial charge in [0.05, 0.1) is 6.04 Å². The Balaban J connectivity index is 1.99. The number of halogens is 2. The van der Waals surface area contributed by atoms with Crippen LogP contribution < -0.4 is 15.0 Å². The number of para-hydroxylation sites is 1. The molecule has 1 aromatic carbocycles. The number of aryl methyl sites for hydroxylation is 1. The van der Waals surface area contributed by atoms with Crippen molar-refractivity contribution < 1.29 is 23.1 Å². The molecular formula is C22H26F2N4O3. The second kappa shape index (κ2) is 9.28. The third-order valence-electron chi connectivity index (χ3n) is 5.16. The zero-order valence-electron chi connectivity index (χ0n) is 17.9. The normalized spacial score (nSPS) is 16.2. The van der Waals surface area contributed by atoms with Gasteiger partial charge >= 0.3 is 12.6 Å². The molecule has 9 heteroatoms. The number of carbonyl (C=O) groups is 2. The number of pyridine rings is 1. The van der Waals surface area contributed by atoms with Crippen LogP contribution in [0.25, 0.3) is 0 Å². The molecule has 3 amide bonds. The number of likely N-dealkylation sites (tertiary alicyclic amines) is 1. The molecule has 2 aromatic rings. The van der Waals surface area contributed by atoms with Crippen molar-refractivity contribution in [3.63, 3.8) is 0 Å². The Hall–Kier alpha value is -3.23. The third kappa shape index (κ3) is 5.10. The number of ether oxygens (including phenoxy) is 1. The molecule has 0 spiro atoms. The summed E-state index contributed by atoms with van der Waals surface area (Å²) in [5, 5.41) is 2.65. The molecule has 0 radical (unpaired) electrons. The fraction of sp³-hybridized carbons (Fsp3) is 0.409. The second-order valence-corrected chi connectivity index (χ2v) is 7.83. The van der Waals surface area contributed by atoms with Crippen LogP contribution in [0.4, 0.5) is 25.0 Å². The highest BCUT2D eigenvalue weighted by molar-refractivity contribution is 6.04. The average molecular weight is 432 g/mol. The van der Waals surface area contributed by atoms with E-state index in [0.717, 1.165) is 5.56 Å². The molecular weight excluding hydrogens is 406 g/mol. The molecule has 1 aromatic heterocycles. The molecule has 1 aliphatic heterocycles. The van der Waals surface area contributed by atoms with E-state index in [1.54, 1.807) is 24.9 Å². The maximum Gasteiger partial charge on any atom is 0.388 e. The number of alkyl halides is 2. The van der Waals surface area contributed by atoms with Crippen molar-refractivity contribution in [2.24, 2.45) is 0 Å². The second-order valence-electron chi connectivity index (χ2n) is 7.83. The fourth-order valence-electron chi connectivity index (χ4n) is 3.66. The molecule has 7 nitrogen and oxygen atoms in total. The summed E-state index contributed by atoms with van der Waals surface area (Å²) in [6, 6.07) is 9.56. The summed E-state index contributed by atoms with van der Waals surface area (Å²) in [5.41, 5.74) is 2.10. The molecule has 1 fully saturated rings. The molecule has 0 saturated carbocycles. The number of nitrogens with one attached hydrogen (secondary N) is 1. The molecule has 31 heavy (non-hydrogen) atoms. The van der Waals surface area contributed by atoms with E-state index in [1.165, 1.54) is 11.0 Å². The molecule has 1 atom stereocenters. The van der Waals surface area contributed by atoms with Gasteiger partial charge in [0.1, 0.15) is 5.69 Å². The van der Waals surface area contributed by atoms with Gasteiger partial charge in [0.25, 0.3) is 0 Å². The summed E-state index contributed by atoms with van der Waals surface area (Å²) in [7, 11) is 1.69. The van der Waals surface area contributed by atoms with E-state index in [-0.39, 0.29) is 29.8 Å². The van der Waals surface area contributed by atoms with Gasteiger partial charge in [-0.25, -0.2) is 9.78 Å². The zero-order chi connectivity index (χ0) is 22.7. The van der Waals surface area contributed by atoms with Crippen LogP contribution in [0.5, 0.6) is 5.88 Å². The summed E-state index contributed by atoms with van der Waals surface area (Å²) in [6.45, 7) is 2.95. The first-order chi connectivity index (χ1) is 14.7. The summed E-state index contributed by atoms with van der Waals surface area (Å²) < 4.78 is 30.2. The molecule has 1 aliphatic rings. The standard InChI is InChI=1S/C22H26F2N4O3/c1-13(2)16-7-5-6-8-18(16)28(15-11-19(29)27(4)12-15)22(30)26-17-10-9-14(3)25-20(17)31-21(23)24/h5-10,13,15,21H,11-12H2,1-4H3,(H,26,30). The van der Waals surface area contributed by atoms with E-state index in [9.17, 15) is 18.4 Å². The molecule has 0 aliphatic carbocycles. The quantitative estimate of drug-likeness (QED) is 0.735. The Labute approximate surface area is 180 Å². The number of likely N-dealkylation sites (N-methyl/N-ethyl adjacent to an activating group) is 1. The Kier molecular flexibility index (Phi) is 6.72. The van der Waals surface area contributed by atoms with Crippen LogP contribution >= 0.6 is 0 Å². The van der Waals surface area contributed by atoms with Crippen LogP contribution in [0.3, 0.4) is 0 Å². The van der Waals surface area contributed by atoms with Gasteiger partial charge in [-0.2, -0.15) is 8.78 Å². The highest BCUT2D eigenvalue weighted by Crippen LogP contribution is 2.33. The SMILES string of the molecule is Cc1ccc(NC(=O)N(c2ccccc2C(C)C)C2CC(=O)N(C)C2)c(OC(F)F)n1. The number of benzene rings is 1. The van der Waals surface area contributed by atoms with Gasteiger partial charge in [0.2, 0.25) is 11.8 Å². The molecule has 2 heterocycles. The van der Waals surface area contributed by atoms with Crippen molar-refractivity contribution in [2.75, 3.05) is 23.8 Å². The van der Waals surface area contributed by atoms with Crippen molar-refractivity contribution in [3.8, 4) is 5.88 Å². The van der Waals surface area contributed by atoms with Crippen molar-refractivity contribution in [2.45, 2.75) is 45.8 Å². The minimum atomic E-state index is -3.08. The lowest BCUT2D eigenvalue weighted by Crippen LogP contribution is -2.45. The molecule has 1 unspecified atom stereocenters. The van der Waals surface area contributed by atoms with Gasteiger partial charge in [0, 0.05) is 31.4 Å². The number of carbonyl (C=O) groups excluding carboxylic acids is 2. The average Bonchev–Trinajstić information content (AvgIpc) is 3.02. The van der Waals surface area contributed by atoms with Crippen LogP contribution in [0.15, 0.2) is 36.4 Å². The lowest BCUT2D eigenvalue weighted by Gasteiger charge is -2.31. The van der Waals surface area contributed by atoms with E-state index >= 15 is 0 Å². The molecule has 1 saturated heterocycles. The summed E-state index contributed by atoms with van der Waals surface area (Å²) in [4.78, 5) is 32.7. The molecule has 0 bridgehead atoms. The summed E-state index contributed by atoms with van der Waals surface area (Å²) in [5.74, 6) is -0.302. The topological polar surface area (TPSA) is 74.8 Å². The predicted octanol–water partition coefficient (Wildman–Crippen LogP) is 4.38. The minimum absolute atomic E-state index is 0.0283. The van der Waals surface area contributed by atoms with Gasteiger partial charge in [-0.05, 0) is 36.6 Å². The van der Waals surface area contributed by atoms with Crippen molar-refractivity contribution in [3.05, 3.63) is 47.7 Å². The number of urea groups is 1. The van der Waals surface area contributed by atoms with E-state index in [2.05, 4.69) is 15.0 Å². The first-order valence-electron chi connectivity index (χ1n) is 10.0. The van der Waals surface area contributed by atoms with Crippen LogP contribution in [0.1, 0.15) is 37.4 Å². The van der Waals surface area contributed by atoms with E-state index < -0.39 is 18.7 Å². The number of aromatic nitrogens is 1. The monoisotopic (exact) mass is 432 g/mol. The lowest BCUT2D eigenvalue weighted by atomic mass is 9.99. The smallest absolute Gasteiger partial charge is 0.388 e. The van der Waals surface area contributed by atoms with Crippen molar-refractivity contribution in [1.29, 1.82) is 0 Å². The number of rotatable bonds is 6. The number of hydrogen-bond acceptors (Lipinski definition) is 4. The third-order valence-corrected chi connectivity index (χ3v) is 5.16. The largest absolute Gasteiger partial charge is 0.415 e. The van der Waals surface area contributed by atoms with Crippen molar-refractivity contribution in [1.82, 2.24) is 9.88 Å². The number of nitrogens with zero attached hydrogens (tertiary/aromatic N) is 3. The Morgan fingerprint density at radius 3 is 2.58 bits per heavy atom. The van der Waals surface area contributed by atoms with Crippen molar-refractivity contribution >= 4 is 23.3 Å². The van der Waals surface area contributed by atoms with E-state index in [4.69, 9.17) is 0 Å². The first-order valence-corrected chi connectivity index (χ1v) is 10.0. The molecule has 166 valence electrons. The van der Waals surface area contributed by atoms with Gasteiger partial charge < -0.3 is 15.0 Å². The van der Waals surface area contributed by atoms with Gasteiger partial charge in [-0.1, -0.05) is 32.0 Å². The van der Waals surface area contributed by atoms with Crippen LogP contribution in [0, 0.1) is 6.92 Å². The Morgan fingerprint density at radius 1 is 1.26 bits per heavy atom. The van der Waals surface area contributed by atoms with Crippen LogP contribution in [-0.4, -0.2) is 48.1 Å². The maximum absolute atomic E-state index is 13.4. The minimum Gasteiger partial charge on any atom is -0.415 e. The molecule has 3 rings (SSSR count).